The number of rotatable bonds is 5. The number of imide groups is 2. The molecule has 0 spiro atoms. The maximum Gasteiger partial charge on any atom is 0.335 e. The Morgan fingerprint density at radius 3 is 2.28 bits per heavy atom. The van der Waals surface area contributed by atoms with Crippen LogP contribution in [0.4, 0.5) is 16.2 Å². The van der Waals surface area contributed by atoms with E-state index in [0.717, 1.165) is 34.8 Å². The van der Waals surface area contributed by atoms with E-state index in [1.54, 1.807) is 24.3 Å². The van der Waals surface area contributed by atoms with Gasteiger partial charge in [0.15, 0.2) is 0 Å². The van der Waals surface area contributed by atoms with Crippen LogP contribution in [-0.2, 0) is 9.59 Å². The maximum absolute atomic E-state index is 12.9. The molecule has 2 aromatic carbocycles. The lowest BCUT2D eigenvalue weighted by Gasteiger charge is -2.26. The number of halogens is 1. The van der Waals surface area contributed by atoms with Gasteiger partial charge in [-0.1, -0.05) is 17.7 Å². The van der Waals surface area contributed by atoms with Gasteiger partial charge < -0.3 is 4.90 Å². The Labute approximate surface area is 174 Å². The highest BCUT2D eigenvalue weighted by Gasteiger charge is 2.36. The number of hydrogen-bond acceptors (Lipinski definition) is 4. The summed E-state index contributed by atoms with van der Waals surface area (Å²) in [7, 11) is 0. The maximum atomic E-state index is 12.9. The van der Waals surface area contributed by atoms with E-state index in [0.29, 0.717) is 10.7 Å². The van der Waals surface area contributed by atoms with Gasteiger partial charge >= 0.3 is 6.03 Å². The number of anilines is 2. The zero-order valence-corrected chi connectivity index (χ0v) is 17.3. The molecule has 29 heavy (non-hydrogen) atoms. The average molecular weight is 412 g/mol. The van der Waals surface area contributed by atoms with Crippen molar-refractivity contribution < 1.29 is 14.4 Å². The largest absolute Gasteiger partial charge is 0.372 e. The van der Waals surface area contributed by atoms with Crippen LogP contribution in [0.15, 0.2) is 48.0 Å². The summed E-state index contributed by atoms with van der Waals surface area (Å²) < 4.78 is 0. The average Bonchev–Trinajstić information content (AvgIpc) is 2.69. The number of nitrogens with one attached hydrogen (secondary N) is 1. The SMILES string of the molecule is CCN(CC)c1ccc(/C=C2/C(=O)NC(=O)N(c3ccc(Cl)cc3)C2=O)c(C)c1. The molecule has 1 N–H and O–H groups in total. The molecule has 1 aliphatic rings. The number of aryl methyl sites for hydroxylation is 1. The van der Waals surface area contributed by atoms with Crippen LogP contribution in [0.3, 0.4) is 0 Å². The van der Waals surface area contributed by atoms with Crippen molar-refractivity contribution in [1.29, 1.82) is 0 Å². The van der Waals surface area contributed by atoms with Gasteiger partial charge in [0, 0.05) is 23.8 Å². The second-order valence-electron chi connectivity index (χ2n) is 6.65. The van der Waals surface area contributed by atoms with Crippen molar-refractivity contribution in [1.82, 2.24) is 5.32 Å². The summed E-state index contributed by atoms with van der Waals surface area (Å²) in [5.74, 6) is -1.38. The molecule has 7 heteroatoms. The van der Waals surface area contributed by atoms with E-state index in [1.807, 2.05) is 25.1 Å². The highest BCUT2D eigenvalue weighted by atomic mass is 35.5. The Morgan fingerprint density at radius 2 is 1.69 bits per heavy atom. The van der Waals surface area contributed by atoms with Gasteiger partial charge in [-0.2, -0.15) is 0 Å². The van der Waals surface area contributed by atoms with E-state index in [2.05, 4.69) is 24.1 Å². The molecule has 1 saturated heterocycles. The molecule has 0 atom stereocenters. The predicted octanol–water partition coefficient (Wildman–Crippen LogP) is 4.16. The molecule has 4 amide bonds. The van der Waals surface area contributed by atoms with Crippen molar-refractivity contribution in [3.63, 3.8) is 0 Å². The Kier molecular flexibility index (Phi) is 6.03. The number of amides is 4. The first-order valence-electron chi connectivity index (χ1n) is 9.38. The molecule has 6 nitrogen and oxygen atoms in total. The summed E-state index contributed by atoms with van der Waals surface area (Å²) in [6.07, 6.45) is 1.52. The molecule has 150 valence electrons. The lowest BCUT2D eigenvalue weighted by atomic mass is 10.0. The van der Waals surface area contributed by atoms with Crippen molar-refractivity contribution >= 4 is 46.9 Å². The van der Waals surface area contributed by atoms with Gasteiger partial charge in [-0.3, -0.25) is 14.9 Å². The van der Waals surface area contributed by atoms with E-state index in [9.17, 15) is 14.4 Å². The van der Waals surface area contributed by atoms with Crippen LogP contribution in [0, 0.1) is 6.92 Å². The Bertz CT molecular complexity index is 995. The summed E-state index contributed by atoms with van der Waals surface area (Å²) in [4.78, 5) is 40.7. The number of barbiturate groups is 1. The van der Waals surface area contributed by atoms with Crippen LogP contribution in [0.1, 0.15) is 25.0 Å². The summed E-state index contributed by atoms with van der Waals surface area (Å²) in [5.41, 5.74) is 2.98. The van der Waals surface area contributed by atoms with E-state index in [1.165, 1.54) is 6.08 Å². The molecule has 1 heterocycles. The van der Waals surface area contributed by atoms with Crippen LogP contribution in [-0.4, -0.2) is 30.9 Å². The summed E-state index contributed by atoms with van der Waals surface area (Å²) in [6, 6.07) is 11.3. The normalized spacial score (nSPS) is 15.7. The first kappa shape index (κ1) is 20.6. The van der Waals surface area contributed by atoms with Gasteiger partial charge in [-0.25, -0.2) is 9.69 Å². The highest BCUT2D eigenvalue weighted by Crippen LogP contribution is 2.25. The second-order valence-corrected chi connectivity index (χ2v) is 7.08. The highest BCUT2D eigenvalue weighted by molar-refractivity contribution is 6.39. The molecule has 0 saturated carbocycles. The number of hydrogen-bond donors (Lipinski definition) is 1. The number of nitrogens with zero attached hydrogens (tertiary/aromatic N) is 2. The third kappa shape index (κ3) is 4.17. The zero-order valence-electron chi connectivity index (χ0n) is 16.5. The quantitative estimate of drug-likeness (QED) is 0.592. The second kappa shape index (κ2) is 8.49. The van der Waals surface area contributed by atoms with E-state index in [-0.39, 0.29) is 5.57 Å². The summed E-state index contributed by atoms with van der Waals surface area (Å²) in [5, 5.41) is 2.71. The molecule has 0 aromatic heterocycles. The van der Waals surface area contributed by atoms with Gasteiger partial charge in [-0.05, 0) is 74.4 Å². The van der Waals surface area contributed by atoms with Crippen LogP contribution in [0.2, 0.25) is 5.02 Å². The minimum atomic E-state index is -0.784. The van der Waals surface area contributed by atoms with Gasteiger partial charge in [0.05, 0.1) is 5.69 Å². The molecule has 0 radical (unpaired) electrons. The molecule has 1 aliphatic heterocycles. The Hall–Kier alpha value is -3.12. The molecular formula is C22H22ClN3O3. The number of benzene rings is 2. The fourth-order valence-electron chi connectivity index (χ4n) is 3.24. The summed E-state index contributed by atoms with van der Waals surface area (Å²) in [6.45, 7) is 7.86. The van der Waals surface area contributed by atoms with Crippen molar-refractivity contribution in [3.05, 3.63) is 64.2 Å². The van der Waals surface area contributed by atoms with Crippen molar-refractivity contribution in [2.45, 2.75) is 20.8 Å². The molecule has 0 unspecified atom stereocenters. The molecular weight excluding hydrogens is 390 g/mol. The lowest BCUT2D eigenvalue weighted by molar-refractivity contribution is -0.122. The smallest absolute Gasteiger partial charge is 0.335 e. The fraction of sp³-hybridized carbons (Fsp3) is 0.227. The third-order valence-electron chi connectivity index (χ3n) is 4.87. The van der Waals surface area contributed by atoms with Crippen LogP contribution in [0.5, 0.6) is 0 Å². The number of urea groups is 1. The topological polar surface area (TPSA) is 69.7 Å². The Balaban J connectivity index is 1.97. The van der Waals surface area contributed by atoms with Crippen LogP contribution >= 0.6 is 11.6 Å². The molecule has 2 aromatic rings. The number of carbonyl (C=O) groups is 3. The Morgan fingerprint density at radius 1 is 1.03 bits per heavy atom. The zero-order chi connectivity index (χ0) is 21.1. The van der Waals surface area contributed by atoms with Crippen LogP contribution < -0.4 is 15.1 Å². The van der Waals surface area contributed by atoms with Gasteiger partial charge in [0.1, 0.15) is 5.57 Å². The lowest BCUT2D eigenvalue weighted by Crippen LogP contribution is -2.54. The monoisotopic (exact) mass is 411 g/mol. The van der Waals surface area contributed by atoms with Crippen molar-refractivity contribution in [2.75, 3.05) is 22.9 Å². The minimum Gasteiger partial charge on any atom is -0.372 e. The predicted molar refractivity (Wildman–Crippen MR) is 115 cm³/mol. The molecule has 1 fully saturated rings. The molecule has 0 bridgehead atoms. The van der Waals surface area contributed by atoms with Crippen molar-refractivity contribution in [2.24, 2.45) is 0 Å². The van der Waals surface area contributed by atoms with Gasteiger partial charge in [0.2, 0.25) is 0 Å². The molecule has 3 rings (SSSR count). The van der Waals surface area contributed by atoms with Crippen LogP contribution in [0.25, 0.3) is 6.08 Å². The standard InChI is InChI=1S/C22H22ClN3O3/c1-4-25(5-2)18-9-6-15(14(3)12-18)13-19-20(27)24-22(29)26(21(19)28)17-10-7-16(23)8-11-17/h6-13H,4-5H2,1-3H3,(H,24,27,29)/b19-13-. The summed E-state index contributed by atoms with van der Waals surface area (Å²) >= 11 is 5.88. The van der Waals surface area contributed by atoms with Crippen molar-refractivity contribution in [3.8, 4) is 0 Å². The van der Waals surface area contributed by atoms with E-state index < -0.39 is 17.8 Å². The first-order valence-corrected chi connectivity index (χ1v) is 9.76. The van der Waals surface area contributed by atoms with E-state index >= 15 is 0 Å². The van der Waals surface area contributed by atoms with Gasteiger partial charge in [-0.15, -0.1) is 0 Å². The fourth-order valence-corrected chi connectivity index (χ4v) is 3.37. The first-order chi connectivity index (χ1) is 13.8. The van der Waals surface area contributed by atoms with Gasteiger partial charge in [0.25, 0.3) is 11.8 Å². The molecule has 0 aliphatic carbocycles. The number of carbonyl (C=O) groups excluding carboxylic acids is 3. The van der Waals surface area contributed by atoms with E-state index in [4.69, 9.17) is 11.6 Å². The third-order valence-corrected chi connectivity index (χ3v) is 5.12. The minimum absolute atomic E-state index is 0.0989.